The summed E-state index contributed by atoms with van der Waals surface area (Å²) in [6.07, 6.45) is 5.61. The molecule has 0 aliphatic rings. The van der Waals surface area contributed by atoms with Crippen molar-refractivity contribution >= 4 is 5.96 Å². The highest BCUT2D eigenvalue weighted by Gasteiger charge is 2.10. The average molecular weight is 407 g/mol. The van der Waals surface area contributed by atoms with Gasteiger partial charge in [0.2, 0.25) is 0 Å². The Balaban J connectivity index is 1.71. The van der Waals surface area contributed by atoms with E-state index in [4.69, 9.17) is 9.73 Å². The Kier molecular flexibility index (Phi) is 7.43. The Bertz CT molecular complexity index is 981. The van der Waals surface area contributed by atoms with Crippen LogP contribution in [0.5, 0.6) is 5.75 Å². The molecule has 0 saturated heterocycles. The number of aryl methyl sites for hydroxylation is 1. The third kappa shape index (κ3) is 5.37. The molecule has 3 rings (SSSR count). The number of rotatable bonds is 8. The number of aromatic nitrogens is 3. The maximum atomic E-state index is 5.51. The standard InChI is InChI=1S/C23H30N6O/c1-5-24-23(27-15-21-18(3)22(30-4)17(2)13-25-21)26-14-19-9-6-7-10-20(19)16-29-12-8-11-28-29/h6-13H,5,14-16H2,1-4H3,(H2,24,26,27). The number of aliphatic imine (C=N–C) groups is 1. The van der Waals surface area contributed by atoms with E-state index in [0.29, 0.717) is 13.1 Å². The van der Waals surface area contributed by atoms with Crippen molar-refractivity contribution in [3.63, 3.8) is 0 Å². The zero-order chi connectivity index (χ0) is 21.3. The van der Waals surface area contributed by atoms with Crippen molar-refractivity contribution in [3.8, 4) is 5.75 Å². The van der Waals surface area contributed by atoms with Crippen molar-refractivity contribution in [2.75, 3.05) is 13.7 Å². The van der Waals surface area contributed by atoms with Gasteiger partial charge in [0.15, 0.2) is 5.96 Å². The number of hydrogen-bond acceptors (Lipinski definition) is 4. The Morgan fingerprint density at radius 3 is 2.63 bits per heavy atom. The molecule has 30 heavy (non-hydrogen) atoms. The van der Waals surface area contributed by atoms with E-state index in [0.717, 1.165) is 41.6 Å². The van der Waals surface area contributed by atoms with E-state index in [-0.39, 0.29) is 0 Å². The van der Waals surface area contributed by atoms with Gasteiger partial charge < -0.3 is 15.4 Å². The number of nitrogens with zero attached hydrogens (tertiary/aromatic N) is 4. The van der Waals surface area contributed by atoms with Crippen LogP contribution in [0, 0.1) is 13.8 Å². The summed E-state index contributed by atoms with van der Waals surface area (Å²) in [6.45, 7) is 8.76. The number of ether oxygens (including phenoxy) is 1. The van der Waals surface area contributed by atoms with Gasteiger partial charge in [0.25, 0.3) is 0 Å². The number of benzene rings is 1. The van der Waals surface area contributed by atoms with Gasteiger partial charge >= 0.3 is 0 Å². The SMILES string of the molecule is CCNC(=NCc1ccccc1Cn1cccn1)NCc1ncc(C)c(OC)c1C. The molecule has 7 nitrogen and oxygen atoms in total. The number of guanidine groups is 1. The van der Waals surface area contributed by atoms with Crippen LogP contribution in [0.25, 0.3) is 0 Å². The highest BCUT2D eigenvalue weighted by atomic mass is 16.5. The summed E-state index contributed by atoms with van der Waals surface area (Å²) in [6, 6.07) is 10.3. The van der Waals surface area contributed by atoms with Gasteiger partial charge in [-0.25, -0.2) is 4.99 Å². The Morgan fingerprint density at radius 2 is 1.93 bits per heavy atom. The monoisotopic (exact) mass is 406 g/mol. The smallest absolute Gasteiger partial charge is 0.191 e. The first-order chi connectivity index (χ1) is 14.6. The normalized spacial score (nSPS) is 11.4. The van der Waals surface area contributed by atoms with Crippen LogP contribution in [-0.2, 0) is 19.6 Å². The molecule has 1 aromatic carbocycles. The van der Waals surface area contributed by atoms with Gasteiger partial charge in [-0.2, -0.15) is 5.10 Å². The molecule has 3 aromatic rings. The summed E-state index contributed by atoms with van der Waals surface area (Å²) in [7, 11) is 1.69. The lowest BCUT2D eigenvalue weighted by atomic mass is 10.1. The number of methoxy groups -OCH3 is 1. The lowest BCUT2D eigenvalue weighted by Crippen LogP contribution is -2.37. The first kappa shape index (κ1) is 21.4. The van der Waals surface area contributed by atoms with Crippen molar-refractivity contribution < 1.29 is 4.74 Å². The number of pyridine rings is 1. The summed E-state index contributed by atoms with van der Waals surface area (Å²) < 4.78 is 7.43. The van der Waals surface area contributed by atoms with Gasteiger partial charge in [-0.05, 0) is 38.0 Å². The van der Waals surface area contributed by atoms with Crippen LogP contribution in [0.15, 0.2) is 53.9 Å². The minimum absolute atomic E-state index is 0.573. The molecule has 158 valence electrons. The molecule has 0 aliphatic heterocycles. The molecule has 0 unspecified atom stereocenters. The molecule has 0 amide bonds. The lowest BCUT2D eigenvalue weighted by Gasteiger charge is -2.15. The van der Waals surface area contributed by atoms with E-state index in [1.807, 2.05) is 43.1 Å². The maximum Gasteiger partial charge on any atom is 0.191 e. The molecule has 0 saturated carbocycles. The first-order valence-corrected chi connectivity index (χ1v) is 10.2. The van der Waals surface area contributed by atoms with Crippen LogP contribution in [0.4, 0.5) is 0 Å². The van der Waals surface area contributed by atoms with Crippen LogP contribution in [0.2, 0.25) is 0 Å². The third-order valence-corrected chi connectivity index (χ3v) is 4.93. The molecule has 0 aliphatic carbocycles. The summed E-state index contributed by atoms with van der Waals surface area (Å²) in [5.74, 6) is 1.64. The fourth-order valence-electron chi connectivity index (χ4n) is 3.36. The van der Waals surface area contributed by atoms with Crippen LogP contribution in [0.1, 0.15) is 34.9 Å². The molecular weight excluding hydrogens is 376 g/mol. The minimum Gasteiger partial charge on any atom is -0.496 e. The third-order valence-electron chi connectivity index (χ3n) is 4.93. The Hall–Kier alpha value is -3.35. The van der Waals surface area contributed by atoms with E-state index < -0.39 is 0 Å². The van der Waals surface area contributed by atoms with Crippen LogP contribution in [0.3, 0.4) is 0 Å². The second-order valence-corrected chi connectivity index (χ2v) is 7.07. The predicted octanol–water partition coefficient (Wildman–Crippen LogP) is 3.21. The molecule has 0 radical (unpaired) electrons. The first-order valence-electron chi connectivity index (χ1n) is 10.2. The Labute approximate surface area is 178 Å². The van der Waals surface area contributed by atoms with Gasteiger partial charge in [0.1, 0.15) is 5.75 Å². The highest BCUT2D eigenvalue weighted by Crippen LogP contribution is 2.23. The van der Waals surface area contributed by atoms with Crippen molar-refractivity contribution in [2.45, 2.75) is 40.4 Å². The Morgan fingerprint density at radius 1 is 1.13 bits per heavy atom. The maximum absolute atomic E-state index is 5.51. The van der Waals surface area contributed by atoms with Gasteiger partial charge in [0.05, 0.1) is 32.4 Å². The number of nitrogens with one attached hydrogen (secondary N) is 2. The summed E-state index contributed by atoms with van der Waals surface area (Å²) >= 11 is 0. The van der Waals surface area contributed by atoms with E-state index in [2.05, 4.69) is 45.8 Å². The van der Waals surface area contributed by atoms with Gasteiger partial charge in [0, 0.05) is 36.3 Å². The van der Waals surface area contributed by atoms with E-state index >= 15 is 0 Å². The lowest BCUT2D eigenvalue weighted by molar-refractivity contribution is 0.406. The van der Waals surface area contributed by atoms with Crippen LogP contribution in [-0.4, -0.2) is 34.4 Å². The van der Waals surface area contributed by atoms with Crippen molar-refractivity contribution in [1.29, 1.82) is 0 Å². The van der Waals surface area contributed by atoms with Gasteiger partial charge in [-0.3, -0.25) is 9.67 Å². The zero-order valence-corrected chi connectivity index (χ0v) is 18.1. The summed E-state index contributed by atoms with van der Waals surface area (Å²) in [5, 5.41) is 11.0. The van der Waals surface area contributed by atoms with Crippen molar-refractivity contribution in [2.24, 2.45) is 4.99 Å². The average Bonchev–Trinajstić information content (AvgIpc) is 3.25. The van der Waals surface area contributed by atoms with Crippen molar-refractivity contribution in [3.05, 3.63) is 76.9 Å². The largest absolute Gasteiger partial charge is 0.496 e. The molecule has 2 heterocycles. The second-order valence-electron chi connectivity index (χ2n) is 7.07. The summed E-state index contributed by atoms with van der Waals surface area (Å²) in [5.41, 5.74) is 5.42. The zero-order valence-electron chi connectivity index (χ0n) is 18.1. The number of hydrogen-bond donors (Lipinski definition) is 2. The fourth-order valence-corrected chi connectivity index (χ4v) is 3.36. The van der Waals surface area contributed by atoms with E-state index in [1.165, 1.54) is 11.1 Å². The molecule has 2 N–H and O–H groups in total. The molecule has 7 heteroatoms. The van der Waals surface area contributed by atoms with E-state index in [1.54, 1.807) is 13.3 Å². The minimum atomic E-state index is 0.573. The van der Waals surface area contributed by atoms with Crippen molar-refractivity contribution in [1.82, 2.24) is 25.4 Å². The quantitative estimate of drug-likeness (QED) is 0.444. The fraction of sp³-hybridized carbons (Fsp3) is 0.348. The highest BCUT2D eigenvalue weighted by molar-refractivity contribution is 5.79. The second kappa shape index (κ2) is 10.4. The molecule has 0 spiro atoms. The topological polar surface area (TPSA) is 76.4 Å². The molecule has 0 bridgehead atoms. The van der Waals surface area contributed by atoms with Crippen LogP contribution < -0.4 is 15.4 Å². The van der Waals surface area contributed by atoms with Gasteiger partial charge in [-0.15, -0.1) is 0 Å². The van der Waals surface area contributed by atoms with Crippen LogP contribution >= 0.6 is 0 Å². The molecule has 0 fully saturated rings. The van der Waals surface area contributed by atoms with Gasteiger partial charge in [-0.1, -0.05) is 24.3 Å². The van der Waals surface area contributed by atoms with E-state index in [9.17, 15) is 0 Å². The summed E-state index contributed by atoms with van der Waals surface area (Å²) in [4.78, 5) is 9.34. The molecule has 2 aromatic heterocycles. The molecular formula is C23H30N6O. The predicted molar refractivity (Wildman–Crippen MR) is 120 cm³/mol. The molecule has 0 atom stereocenters.